The monoisotopic (exact) mass is 211 g/mol. The van der Waals surface area contributed by atoms with Crippen LogP contribution in [0.1, 0.15) is 25.6 Å². The molecule has 0 saturated carbocycles. The maximum Gasteiger partial charge on any atom is 0.0820 e. The minimum Gasteiger partial charge on any atom is -0.379 e. The molecular weight excluding hydrogens is 190 g/mol. The molecule has 0 saturated heterocycles. The van der Waals surface area contributed by atoms with Crippen molar-refractivity contribution in [1.82, 2.24) is 15.1 Å². The predicted molar refractivity (Wildman–Crippen MR) is 60.6 cm³/mol. The summed E-state index contributed by atoms with van der Waals surface area (Å²) >= 11 is 0. The van der Waals surface area contributed by atoms with Gasteiger partial charge in [-0.3, -0.25) is 4.68 Å². The average molecular weight is 211 g/mol. The first kappa shape index (κ1) is 12.2. The molecule has 1 aromatic heterocycles. The first-order valence-corrected chi connectivity index (χ1v) is 5.29. The van der Waals surface area contributed by atoms with Crippen LogP contribution in [0.3, 0.4) is 0 Å². The number of nitrogens with one attached hydrogen (secondary N) is 1. The van der Waals surface area contributed by atoms with Gasteiger partial charge in [0.25, 0.3) is 0 Å². The molecular formula is C11H21N3O. The Balaban J connectivity index is 2.86. The van der Waals surface area contributed by atoms with Gasteiger partial charge in [0.2, 0.25) is 0 Å². The van der Waals surface area contributed by atoms with Crippen molar-refractivity contribution in [2.45, 2.75) is 26.0 Å². The van der Waals surface area contributed by atoms with Crippen molar-refractivity contribution in [3.63, 3.8) is 0 Å². The van der Waals surface area contributed by atoms with Gasteiger partial charge in [-0.05, 0) is 19.0 Å². The minimum atomic E-state index is 0.143. The van der Waals surface area contributed by atoms with Gasteiger partial charge in [0.15, 0.2) is 0 Å². The Labute approximate surface area is 91.6 Å². The Bertz CT molecular complexity index is 296. The molecule has 2 unspecified atom stereocenters. The number of aromatic nitrogens is 2. The summed E-state index contributed by atoms with van der Waals surface area (Å²) < 4.78 is 7.33. The molecule has 0 aliphatic heterocycles. The first-order valence-electron chi connectivity index (χ1n) is 5.29. The summed E-state index contributed by atoms with van der Waals surface area (Å²) in [5, 5.41) is 7.67. The van der Waals surface area contributed by atoms with Gasteiger partial charge in [0.1, 0.15) is 0 Å². The molecule has 1 heterocycles. The molecule has 15 heavy (non-hydrogen) atoms. The number of aryl methyl sites for hydroxylation is 1. The van der Waals surface area contributed by atoms with E-state index in [1.54, 1.807) is 7.11 Å². The van der Waals surface area contributed by atoms with Crippen LogP contribution in [-0.2, 0) is 11.8 Å². The van der Waals surface area contributed by atoms with Crippen LogP contribution in [0.2, 0.25) is 0 Å². The number of ether oxygens (including phenoxy) is 1. The lowest BCUT2D eigenvalue weighted by Crippen LogP contribution is -2.35. The van der Waals surface area contributed by atoms with Gasteiger partial charge < -0.3 is 10.1 Å². The molecule has 86 valence electrons. The van der Waals surface area contributed by atoms with Crippen molar-refractivity contribution in [3.05, 3.63) is 18.0 Å². The Hall–Kier alpha value is -0.870. The zero-order valence-corrected chi connectivity index (χ0v) is 10.2. The van der Waals surface area contributed by atoms with Crippen LogP contribution in [-0.4, -0.2) is 30.0 Å². The van der Waals surface area contributed by atoms with Crippen molar-refractivity contribution in [2.24, 2.45) is 13.0 Å². The lowest BCUT2D eigenvalue weighted by atomic mass is 9.97. The largest absolute Gasteiger partial charge is 0.379 e. The highest BCUT2D eigenvalue weighted by Gasteiger charge is 2.26. The van der Waals surface area contributed by atoms with Gasteiger partial charge >= 0.3 is 0 Å². The number of rotatable bonds is 5. The Morgan fingerprint density at radius 2 is 2.13 bits per heavy atom. The third-order valence-electron chi connectivity index (χ3n) is 2.62. The number of hydrogen-bond donors (Lipinski definition) is 1. The lowest BCUT2D eigenvalue weighted by molar-refractivity contribution is 0.0335. The molecule has 0 fully saturated rings. The molecule has 0 radical (unpaired) electrons. The summed E-state index contributed by atoms with van der Waals surface area (Å²) in [6.45, 7) is 4.31. The maximum absolute atomic E-state index is 5.52. The molecule has 0 aliphatic carbocycles. The quantitative estimate of drug-likeness (QED) is 0.799. The topological polar surface area (TPSA) is 39.1 Å². The van der Waals surface area contributed by atoms with E-state index in [9.17, 15) is 0 Å². The highest BCUT2D eigenvalue weighted by molar-refractivity contribution is 5.08. The van der Waals surface area contributed by atoms with Crippen LogP contribution in [0.5, 0.6) is 0 Å². The first-order chi connectivity index (χ1) is 7.10. The lowest BCUT2D eigenvalue weighted by Gasteiger charge is -2.27. The SMILES string of the molecule is CNC(c1ccn(C)n1)C(OC)C(C)C. The van der Waals surface area contributed by atoms with Crippen molar-refractivity contribution >= 4 is 0 Å². The van der Waals surface area contributed by atoms with Gasteiger partial charge in [-0.1, -0.05) is 13.8 Å². The normalized spacial score (nSPS) is 15.6. The Kier molecular flexibility index (Phi) is 4.29. The molecule has 4 nitrogen and oxygen atoms in total. The molecule has 0 bridgehead atoms. The van der Waals surface area contributed by atoms with Gasteiger partial charge in [-0.15, -0.1) is 0 Å². The Morgan fingerprint density at radius 1 is 1.47 bits per heavy atom. The van der Waals surface area contributed by atoms with Gasteiger partial charge in [-0.25, -0.2) is 0 Å². The van der Waals surface area contributed by atoms with E-state index < -0.39 is 0 Å². The summed E-state index contributed by atoms with van der Waals surface area (Å²) in [5.74, 6) is 0.453. The number of methoxy groups -OCH3 is 1. The number of likely N-dealkylation sites (N-methyl/N-ethyl adjacent to an activating group) is 1. The third kappa shape index (κ3) is 2.79. The molecule has 0 aromatic carbocycles. The third-order valence-corrected chi connectivity index (χ3v) is 2.62. The minimum absolute atomic E-state index is 0.143. The second-order valence-electron chi connectivity index (χ2n) is 4.12. The predicted octanol–water partition coefficient (Wildman–Crippen LogP) is 1.35. The molecule has 1 N–H and O–H groups in total. The molecule has 0 spiro atoms. The van der Waals surface area contributed by atoms with E-state index in [0.29, 0.717) is 5.92 Å². The fourth-order valence-electron chi connectivity index (χ4n) is 1.87. The van der Waals surface area contributed by atoms with Crippen LogP contribution >= 0.6 is 0 Å². The summed E-state index contributed by atoms with van der Waals surface area (Å²) in [5.41, 5.74) is 1.03. The van der Waals surface area contributed by atoms with E-state index in [1.165, 1.54) is 0 Å². The Morgan fingerprint density at radius 3 is 2.47 bits per heavy atom. The van der Waals surface area contributed by atoms with Crippen molar-refractivity contribution in [2.75, 3.05) is 14.2 Å². The summed E-state index contributed by atoms with van der Waals surface area (Å²) in [7, 11) is 5.61. The van der Waals surface area contributed by atoms with Gasteiger partial charge in [-0.2, -0.15) is 5.10 Å². The van der Waals surface area contributed by atoms with E-state index in [2.05, 4.69) is 24.3 Å². The molecule has 1 aromatic rings. The van der Waals surface area contributed by atoms with Crippen LogP contribution in [0.25, 0.3) is 0 Å². The zero-order valence-electron chi connectivity index (χ0n) is 10.2. The highest BCUT2D eigenvalue weighted by atomic mass is 16.5. The molecule has 0 aliphatic rings. The average Bonchev–Trinajstić information content (AvgIpc) is 2.60. The van der Waals surface area contributed by atoms with E-state index >= 15 is 0 Å². The van der Waals surface area contributed by atoms with E-state index in [-0.39, 0.29) is 12.1 Å². The van der Waals surface area contributed by atoms with Gasteiger partial charge in [0, 0.05) is 20.4 Å². The van der Waals surface area contributed by atoms with Crippen LogP contribution in [0, 0.1) is 5.92 Å². The fraction of sp³-hybridized carbons (Fsp3) is 0.727. The zero-order chi connectivity index (χ0) is 11.4. The van der Waals surface area contributed by atoms with E-state index in [1.807, 2.05) is 31.0 Å². The van der Waals surface area contributed by atoms with E-state index in [0.717, 1.165) is 5.69 Å². The standard InChI is InChI=1S/C11H21N3O/c1-8(2)11(15-5)10(12-3)9-6-7-14(4)13-9/h6-8,10-12H,1-5H3. The van der Waals surface area contributed by atoms with E-state index in [4.69, 9.17) is 4.74 Å². The number of hydrogen-bond acceptors (Lipinski definition) is 3. The van der Waals surface area contributed by atoms with Crippen molar-refractivity contribution in [3.8, 4) is 0 Å². The maximum atomic E-state index is 5.52. The van der Waals surface area contributed by atoms with Gasteiger partial charge in [0.05, 0.1) is 17.8 Å². The van der Waals surface area contributed by atoms with Crippen molar-refractivity contribution in [1.29, 1.82) is 0 Å². The fourth-order valence-corrected chi connectivity index (χ4v) is 1.87. The highest BCUT2D eigenvalue weighted by Crippen LogP contribution is 2.22. The molecule has 0 amide bonds. The summed E-state index contributed by atoms with van der Waals surface area (Å²) in [6.07, 6.45) is 2.09. The summed E-state index contributed by atoms with van der Waals surface area (Å²) in [4.78, 5) is 0. The molecule has 2 atom stereocenters. The van der Waals surface area contributed by atoms with Crippen LogP contribution < -0.4 is 5.32 Å². The summed E-state index contributed by atoms with van der Waals surface area (Å²) in [6, 6.07) is 2.17. The smallest absolute Gasteiger partial charge is 0.0820 e. The molecule has 1 rings (SSSR count). The second-order valence-corrected chi connectivity index (χ2v) is 4.12. The van der Waals surface area contributed by atoms with Crippen LogP contribution in [0.15, 0.2) is 12.3 Å². The molecule has 4 heteroatoms. The van der Waals surface area contributed by atoms with Crippen molar-refractivity contribution < 1.29 is 4.74 Å². The second kappa shape index (κ2) is 5.28. The number of nitrogens with zero attached hydrogens (tertiary/aromatic N) is 2. The van der Waals surface area contributed by atoms with Crippen LogP contribution in [0.4, 0.5) is 0 Å².